The maximum absolute atomic E-state index is 12.8. The molecule has 2 heterocycles. The SMILES string of the molecule is CC(N)C(=O)N1CCCC1C(=O)NC(Cc1cnc[nH]1)C(=O)NC(CS)C(=O)O. The summed E-state index contributed by atoms with van der Waals surface area (Å²) >= 11 is 3.93. The Morgan fingerprint density at radius 1 is 1.38 bits per heavy atom. The fourth-order valence-electron chi connectivity index (χ4n) is 3.12. The third-order valence-electron chi connectivity index (χ3n) is 4.64. The third kappa shape index (κ3) is 5.94. The van der Waals surface area contributed by atoms with Gasteiger partial charge in [-0.15, -0.1) is 0 Å². The molecule has 0 aliphatic carbocycles. The highest BCUT2D eigenvalue weighted by Gasteiger charge is 2.37. The van der Waals surface area contributed by atoms with Crippen LogP contribution in [0.5, 0.6) is 0 Å². The van der Waals surface area contributed by atoms with Crippen molar-refractivity contribution in [3.63, 3.8) is 0 Å². The number of carbonyl (C=O) groups excluding carboxylic acids is 3. The quantitative estimate of drug-likeness (QED) is 0.255. The number of aromatic amines is 1. The van der Waals surface area contributed by atoms with Crippen LogP contribution >= 0.6 is 12.6 Å². The average molecular weight is 426 g/mol. The molecule has 0 saturated carbocycles. The molecule has 1 aromatic heterocycles. The van der Waals surface area contributed by atoms with Gasteiger partial charge in [0.2, 0.25) is 17.7 Å². The van der Waals surface area contributed by atoms with Crippen LogP contribution in [0.4, 0.5) is 0 Å². The van der Waals surface area contributed by atoms with Gasteiger partial charge < -0.3 is 31.4 Å². The van der Waals surface area contributed by atoms with E-state index in [1.807, 2.05) is 0 Å². The van der Waals surface area contributed by atoms with Crippen molar-refractivity contribution in [3.8, 4) is 0 Å². The van der Waals surface area contributed by atoms with Crippen LogP contribution in [0.25, 0.3) is 0 Å². The molecule has 1 aromatic rings. The van der Waals surface area contributed by atoms with Crippen molar-refractivity contribution in [1.82, 2.24) is 25.5 Å². The molecule has 1 aliphatic rings. The Morgan fingerprint density at radius 3 is 2.66 bits per heavy atom. The van der Waals surface area contributed by atoms with Crippen LogP contribution < -0.4 is 16.4 Å². The zero-order chi connectivity index (χ0) is 21.6. The van der Waals surface area contributed by atoms with E-state index in [2.05, 4.69) is 33.2 Å². The fourth-order valence-corrected chi connectivity index (χ4v) is 3.36. The monoisotopic (exact) mass is 426 g/mol. The van der Waals surface area contributed by atoms with E-state index in [-0.39, 0.29) is 18.1 Å². The maximum atomic E-state index is 12.8. The van der Waals surface area contributed by atoms with E-state index in [0.29, 0.717) is 25.1 Å². The van der Waals surface area contributed by atoms with Crippen LogP contribution in [0.3, 0.4) is 0 Å². The molecule has 0 aromatic carbocycles. The van der Waals surface area contributed by atoms with Crippen LogP contribution in [0.15, 0.2) is 12.5 Å². The average Bonchev–Trinajstić information content (AvgIpc) is 3.35. The van der Waals surface area contributed by atoms with Gasteiger partial charge in [0.15, 0.2) is 0 Å². The Balaban J connectivity index is 2.13. The highest BCUT2D eigenvalue weighted by atomic mass is 32.1. The van der Waals surface area contributed by atoms with Gasteiger partial charge in [0, 0.05) is 30.6 Å². The summed E-state index contributed by atoms with van der Waals surface area (Å²) in [6.45, 7) is 1.96. The van der Waals surface area contributed by atoms with Crippen LogP contribution in [0, 0.1) is 0 Å². The van der Waals surface area contributed by atoms with Crippen LogP contribution in [-0.4, -0.2) is 80.1 Å². The number of aliphatic carboxylic acids is 1. The number of hydrogen-bond donors (Lipinski definition) is 6. The maximum Gasteiger partial charge on any atom is 0.327 e. The largest absolute Gasteiger partial charge is 0.480 e. The summed E-state index contributed by atoms with van der Waals surface area (Å²) in [5, 5.41) is 14.1. The Labute approximate surface area is 173 Å². The van der Waals surface area contributed by atoms with E-state index in [4.69, 9.17) is 10.8 Å². The topological polar surface area (TPSA) is 171 Å². The molecule has 1 aliphatic heterocycles. The minimum Gasteiger partial charge on any atom is -0.480 e. The van der Waals surface area contributed by atoms with Gasteiger partial charge in [0.25, 0.3) is 0 Å². The van der Waals surface area contributed by atoms with Gasteiger partial charge in [0.05, 0.1) is 12.4 Å². The smallest absolute Gasteiger partial charge is 0.327 e. The van der Waals surface area contributed by atoms with Crippen LogP contribution in [0.2, 0.25) is 0 Å². The standard InChI is InChI=1S/C17H26N6O5S/c1-9(18)16(26)23-4-2-3-13(23)15(25)21-11(5-10-6-19-8-20-10)14(24)22-12(7-29)17(27)28/h6,8-9,11-13,29H,2-5,7,18H2,1H3,(H,19,20)(H,21,25)(H,22,24)(H,27,28). The molecule has 0 spiro atoms. The van der Waals surface area contributed by atoms with E-state index < -0.39 is 42.0 Å². The molecule has 1 fully saturated rings. The van der Waals surface area contributed by atoms with Crippen molar-refractivity contribution >= 4 is 36.3 Å². The Hall–Kier alpha value is -2.60. The Morgan fingerprint density at radius 2 is 2.10 bits per heavy atom. The first-order chi connectivity index (χ1) is 13.7. The molecule has 0 radical (unpaired) electrons. The van der Waals surface area contributed by atoms with Gasteiger partial charge in [-0.1, -0.05) is 0 Å². The molecule has 3 amide bonds. The van der Waals surface area contributed by atoms with E-state index in [0.717, 1.165) is 0 Å². The number of H-pyrrole nitrogens is 1. The molecule has 11 nitrogen and oxygen atoms in total. The molecule has 0 bridgehead atoms. The van der Waals surface area contributed by atoms with Crippen molar-refractivity contribution < 1.29 is 24.3 Å². The molecular weight excluding hydrogens is 400 g/mol. The second-order valence-corrected chi connectivity index (χ2v) is 7.27. The van der Waals surface area contributed by atoms with Crippen LogP contribution in [-0.2, 0) is 25.6 Å². The highest BCUT2D eigenvalue weighted by Crippen LogP contribution is 2.18. The number of thiol groups is 1. The number of carboxylic acid groups (broad SMARTS) is 1. The predicted molar refractivity (Wildman–Crippen MR) is 106 cm³/mol. The number of imidazole rings is 1. The lowest BCUT2D eigenvalue weighted by Crippen LogP contribution is -2.57. The summed E-state index contributed by atoms with van der Waals surface area (Å²) in [4.78, 5) is 57.1. The van der Waals surface area contributed by atoms with Crippen molar-refractivity contribution in [2.45, 2.75) is 50.4 Å². The summed E-state index contributed by atoms with van der Waals surface area (Å²) in [6, 6.07) is -3.72. The molecule has 12 heteroatoms. The molecule has 2 rings (SSSR count). The number of aromatic nitrogens is 2. The number of nitrogens with two attached hydrogens (primary N) is 1. The van der Waals surface area contributed by atoms with E-state index >= 15 is 0 Å². The first-order valence-corrected chi connectivity index (χ1v) is 9.85. The third-order valence-corrected chi connectivity index (χ3v) is 5.00. The number of rotatable bonds is 9. The number of carbonyl (C=O) groups is 4. The first kappa shape index (κ1) is 22.7. The zero-order valence-corrected chi connectivity index (χ0v) is 16.9. The fraction of sp³-hybridized carbons (Fsp3) is 0.588. The van der Waals surface area contributed by atoms with Gasteiger partial charge >= 0.3 is 5.97 Å². The lowest BCUT2D eigenvalue weighted by atomic mass is 10.1. The molecule has 160 valence electrons. The molecule has 4 atom stereocenters. The number of nitrogens with one attached hydrogen (secondary N) is 3. The summed E-state index contributed by atoms with van der Waals surface area (Å²) in [5.74, 6) is -2.83. The summed E-state index contributed by atoms with van der Waals surface area (Å²) in [6.07, 6.45) is 4.11. The molecule has 29 heavy (non-hydrogen) atoms. The normalized spacial score (nSPS) is 19.3. The van der Waals surface area contributed by atoms with Crippen molar-refractivity contribution in [3.05, 3.63) is 18.2 Å². The van der Waals surface area contributed by atoms with Gasteiger partial charge in [-0.2, -0.15) is 12.6 Å². The number of likely N-dealkylation sites (tertiary alicyclic amines) is 1. The summed E-state index contributed by atoms with van der Waals surface area (Å²) < 4.78 is 0. The van der Waals surface area contributed by atoms with Crippen molar-refractivity contribution in [2.75, 3.05) is 12.3 Å². The van der Waals surface area contributed by atoms with E-state index in [9.17, 15) is 19.2 Å². The lowest BCUT2D eigenvalue weighted by Gasteiger charge is -2.27. The van der Waals surface area contributed by atoms with Gasteiger partial charge in [-0.3, -0.25) is 14.4 Å². The number of nitrogens with zero attached hydrogens (tertiary/aromatic N) is 2. The molecule has 6 N–H and O–H groups in total. The Kier molecular flexibility index (Phi) is 8.02. The highest BCUT2D eigenvalue weighted by molar-refractivity contribution is 7.80. The Bertz CT molecular complexity index is 741. The minimum atomic E-state index is -1.23. The second kappa shape index (κ2) is 10.3. The van der Waals surface area contributed by atoms with Crippen molar-refractivity contribution in [2.24, 2.45) is 5.73 Å². The van der Waals surface area contributed by atoms with E-state index in [1.165, 1.54) is 17.4 Å². The minimum absolute atomic E-state index is 0.0739. The number of amides is 3. The lowest BCUT2D eigenvalue weighted by molar-refractivity contribution is -0.142. The van der Waals surface area contributed by atoms with Crippen LogP contribution in [0.1, 0.15) is 25.5 Å². The molecule has 4 unspecified atom stereocenters. The summed E-state index contributed by atoms with van der Waals surface area (Å²) in [5.41, 5.74) is 6.24. The molecular formula is C17H26N6O5S. The van der Waals surface area contributed by atoms with E-state index in [1.54, 1.807) is 6.92 Å². The molecule has 1 saturated heterocycles. The van der Waals surface area contributed by atoms with Crippen molar-refractivity contribution in [1.29, 1.82) is 0 Å². The van der Waals surface area contributed by atoms with Gasteiger partial charge in [-0.05, 0) is 19.8 Å². The number of carboxylic acids is 1. The summed E-state index contributed by atoms with van der Waals surface area (Å²) in [7, 11) is 0. The zero-order valence-electron chi connectivity index (χ0n) is 16.0. The van der Waals surface area contributed by atoms with Gasteiger partial charge in [-0.25, -0.2) is 9.78 Å². The predicted octanol–water partition coefficient (Wildman–Crippen LogP) is -1.73. The second-order valence-electron chi connectivity index (χ2n) is 6.90. The van der Waals surface area contributed by atoms with Gasteiger partial charge in [0.1, 0.15) is 18.1 Å². The first-order valence-electron chi connectivity index (χ1n) is 9.22. The number of hydrogen-bond acceptors (Lipinski definition) is 7.